The molecule has 0 aliphatic rings. The summed E-state index contributed by atoms with van der Waals surface area (Å²) in [6.07, 6.45) is 3.33. The standard InChI is InChI=1S/C11H15N3O2/c15-9-12-5-3-7-14-11(16)8-10-4-1-2-6-13-10/h1-2,4,6,9H,3,5,7-8H2,(H,12,15)(H,14,16). The van der Waals surface area contributed by atoms with Gasteiger partial charge in [-0.1, -0.05) is 6.07 Å². The summed E-state index contributed by atoms with van der Waals surface area (Å²) in [5.74, 6) is -0.0511. The van der Waals surface area contributed by atoms with Gasteiger partial charge in [0.15, 0.2) is 0 Å². The van der Waals surface area contributed by atoms with E-state index in [-0.39, 0.29) is 5.91 Å². The highest BCUT2D eigenvalue weighted by Gasteiger charge is 2.02. The van der Waals surface area contributed by atoms with Crippen LogP contribution in [0.25, 0.3) is 0 Å². The van der Waals surface area contributed by atoms with Gasteiger partial charge in [0, 0.05) is 25.0 Å². The fourth-order valence-corrected chi connectivity index (χ4v) is 1.21. The van der Waals surface area contributed by atoms with E-state index in [9.17, 15) is 9.59 Å². The van der Waals surface area contributed by atoms with Gasteiger partial charge in [0.05, 0.1) is 6.42 Å². The van der Waals surface area contributed by atoms with E-state index < -0.39 is 0 Å². The van der Waals surface area contributed by atoms with Crippen LogP contribution >= 0.6 is 0 Å². The summed E-state index contributed by atoms with van der Waals surface area (Å²) in [5, 5.41) is 5.28. The number of nitrogens with zero attached hydrogens (tertiary/aromatic N) is 1. The minimum Gasteiger partial charge on any atom is -0.359 e. The van der Waals surface area contributed by atoms with Crippen molar-refractivity contribution in [3.8, 4) is 0 Å². The normalized spacial score (nSPS) is 9.50. The summed E-state index contributed by atoms with van der Waals surface area (Å²) >= 11 is 0. The van der Waals surface area contributed by atoms with E-state index in [0.29, 0.717) is 25.9 Å². The quantitative estimate of drug-likeness (QED) is 0.498. The molecular formula is C11H15N3O2. The first-order valence-corrected chi connectivity index (χ1v) is 5.16. The van der Waals surface area contributed by atoms with E-state index >= 15 is 0 Å². The number of aromatic nitrogens is 1. The number of rotatable bonds is 7. The average molecular weight is 221 g/mol. The second-order valence-corrected chi connectivity index (χ2v) is 3.27. The fraction of sp³-hybridized carbons (Fsp3) is 0.364. The third-order valence-corrected chi connectivity index (χ3v) is 1.97. The van der Waals surface area contributed by atoms with E-state index in [2.05, 4.69) is 15.6 Å². The lowest BCUT2D eigenvalue weighted by Gasteiger charge is -2.04. The maximum atomic E-state index is 11.4. The first-order chi connectivity index (χ1) is 7.83. The number of amides is 2. The third-order valence-electron chi connectivity index (χ3n) is 1.97. The van der Waals surface area contributed by atoms with E-state index in [4.69, 9.17) is 0 Å². The summed E-state index contributed by atoms with van der Waals surface area (Å²) in [6.45, 7) is 1.14. The molecule has 86 valence electrons. The van der Waals surface area contributed by atoms with Gasteiger partial charge in [0.25, 0.3) is 0 Å². The van der Waals surface area contributed by atoms with Crippen LogP contribution in [0.4, 0.5) is 0 Å². The topological polar surface area (TPSA) is 71.1 Å². The SMILES string of the molecule is O=CNCCCNC(=O)Cc1ccccn1. The van der Waals surface area contributed by atoms with Crippen LogP contribution < -0.4 is 10.6 Å². The zero-order valence-electron chi connectivity index (χ0n) is 8.98. The molecule has 0 bridgehead atoms. The summed E-state index contributed by atoms with van der Waals surface area (Å²) in [7, 11) is 0. The molecule has 1 aromatic heterocycles. The van der Waals surface area contributed by atoms with Crippen molar-refractivity contribution in [2.75, 3.05) is 13.1 Å². The molecule has 2 amide bonds. The van der Waals surface area contributed by atoms with Gasteiger partial charge >= 0.3 is 0 Å². The lowest BCUT2D eigenvalue weighted by molar-refractivity contribution is -0.120. The molecule has 5 nitrogen and oxygen atoms in total. The van der Waals surface area contributed by atoms with Gasteiger partial charge < -0.3 is 10.6 Å². The van der Waals surface area contributed by atoms with Gasteiger partial charge in [-0.3, -0.25) is 14.6 Å². The number of carbonyl (C=O) groups is 2. The van der Waals surface area contributed by atoms with Gasteiger partial charge in [0.2, 0.25) is 12.3 Å². The molecule has 5 heteroatoms. The molecule has 1 aromatic rings. The van der Waals surface area contributed by atoms with E-state index in [1.54, 1.807) is 6.20 Å². The Hall–Kier alpha value is -1.91. The van der Waals surface area contributed by atoms with Gasteiger partial charge in [-0.05, 0) is 18.6 Å². The highest BCUT2D eigenvalue weighted by molar-refractivity contribution is 5.77. The van der Waals surface area contributed by atoms with Crippen molar-refractivity contribution in [1.29, 1.82) is 0 Å². The molecule has 0 fully saturated rings. The van der Waals surface area contributed by atoms with Crippen LogP contribution in [0, 0.1) is 0 Å². The Morgan fingerprint density at radius 3 is 2.94 bits per heavy atom. The lowest BCUT2D eigenvalue weighted by atomic mass is 10.2. The Bertz CT molecular complexity index is 327. The molecule has 1 heterocycles. The molecule has 1 rings (SSSR count). The van der Waals surface area contributed by atoms with Crippen molar-refractivity contribution in [1.82, 2.24) is 15.6 Å². The zero-order valence-corrected chi connectivity index (χ0v) is 8.98. The van der Waals surface area contributed by atoms with Gasteiger partial charge in [-0.2, -0.15) is 0 Å². The minimum atomic E-state index is -0.0511. The summed E-state index contributed by atoms with van der Waals surface area (Å²) in [6, 6.07) is 5.48. The van der Waals surface area contributed by atoms with Crippen LogP contribution in [0.1, 0.15) is 12.1 Å². The first kappa shape index (κ1) is 12.2. The lowest BCUT2D eigenvalue weighted by Crippen LogP contribution is -2.28. The Morgan fingerprint density at radius 1 is 1.38 bits per heavy atom. The number of pyridine rings is 1. The smallest absolute Gasteiger partial charge is 0.226 e. The molecule has 0 atom stereocenters. The van der Waals surface area contributed by atoms with Crippen LogP contribution in [-0.2, 0) is 16.0 Å². The third kappa shape index (κ3) is 5.09. The molecule has 0 saturated heterocycles. The molecule has 0 spiro atoms. The van der Waals surface area contributed by atoms with Gasteiger partial charge in [-0.15, -0.1) is 0 Å². The molecule has 0 unspecified atom stereocenters. The number of nitrogens with one attached hydrogen (secondary N) is 2. The maximum Gasteiger partial charge on any atom is 0.226 e. The summed E-state index contributed by atoms with van der Waals surface area (Å²) < 4.78 is 0. The summed E-state index contributed by atoms with van der Waals surface area (Å²) in [5.41, 5.74) is 0.756. The van der Waals surface area contributed by atoms with E-state index in [1.165, 1.54) is 0 Å². The van der Waals surface area contributed by atoms with Gasteiger partial charge in [-0.25, -0.2) is 0 Å². The second kappa shape index (κ2) is 7.39. The second-order valence-electron chi connectivity index (χ2n) is 3.27. The van der Waals surface area contributed by atoms with Crippen molar-refractivity contribution >= 4 is 12.3 Å². The molecule has 0 radical (unpaired) electrons. The predicted octanol–water partition coefficient (Wildman–Crippen LogP) is -0.124. The molecule has 0 aliphatic carbocycles. The average Bonchev–Trinajstić information content (AvgIpc) is 2.30. The molecule has 2 N–H and O–H groups in total. The van der Waals surface area contributed by atoms with Crippen molar-refractivity contribution < 1.29 is 9.59 Å². The Morgan fingerprint density at radius 2 is 2.25 bits per heavy atom. The van der Waals surface area contributed by atoms with E-state index in [0.717, 1.165) is 12.1 Å². The monoisotopic (exact) mass is 221 g/mol. The maximum absolute atomic E-state index is 11.4. The summed E-state index contributed by atoms with van der Waals surface area (Å²) in [4.78, 5) is 25.4. The Labute approximate surface area is 94.3 Å². The molecule has 0 aromatic carbocycles. The number of carbonyl (C=O) groups excluding carboxylic acids is 2. The van der Waals surface area contributed by atoms with Crippen LogP contribution in [0.15, 0.2) is 24.4 Å². The van der Waals surface area contributed by atoms with Gasteiger partial charge in [0.1, 0.15) is 0 Å². The van der Waals surface area contributed by atoms with E-state index in [1.807, 2.05) is 18.2 Å². The largest absolute Gasteiger partial charge is 0.359 e. The van der Waals surface area contributed by atoms with Crippen molar-refractivity contribution in [2.45, 2.75) is 12.8 Å². The van der Waals surface area contributed by atoms with Crippen LogP contribution in [-0.4, -0.2) is 30.4 Å². The first-order valence-electron chi connectivity index (χ1n) is 5.16. The number of hydrogen-bond acceptors (Lipinski definition) is 3. The Balaban J connectivity index is 2.14. The number of hydrogen-bond donors (Lipinski definition) is 2. The molecule has 0 saturated carbocycles. The zero-order chi connectivity index (χ0) is 11.6. The molecule has 16 heavy (non-hydrogen) atoms. The van der Waals surface area contributed by atoms with Crippen LogP contribution in [0.3, 0.4) is 0 Å². The highest BCUT2D eigenvalue weighted by Crippen LogP contribution is 1.94. The fourth-order valence-electron chi connectivity index (χ4n) is 1.21. The minimum absolute atomic E-state index is 0.0511. The molecule has 0 aliphatic heterocycles. The van der Waals surface area contributed by atoms with Crippen LogP contribution in [0.5, 0.6) is 0 Å². The molecular weight excluding hydrogens is 206 g/mol. The highest BCUT2D eigenvalue weighted by atomic mass is 16.1. The Kier molecular flexibility index (Phi) is 5.62. The van der Waals surface area contributed by atoms with Crippen molar-refractivity contribution in [3.05, 3.63) is 30.1 Å². The van der Waals surface area contributed by atoms with Crippen LogP contribution in [0.2, 0.25) is 0 Å². The predicted molar refractivity (Wildman–Crippen MR) is 59.6 cm³/mol. The van der Waals surface area contributed by atoms with Crippen molar-refractivity contribution in [3.63, 3.8) is 0 Å². The van der Waals surface area contributed by atoms with Crippen molar-refractivity contribution in [2.24, 2.45) is 0 Å².